The Labute approximate surface area is 58.9 Å². The van der Waals surface area contributed by atoms with Crippen molar-refractivity contribution in [1.29, 1.82) is 0 Å². The molecule has 1 aliphatic heterocycles. The van der Waals surface area contributed by atoms with Crippen molar-refractivity contribution < 1.29 is 15.0 Å². The van der Waals surface area contributed by atoms with Crippen molar-refractivity contribution in [3.63, 3.8) is 0 Å². The van der Waals surface area contributed by atoms with E-state index >= 15 is 0 Å². The van der Waals surface area contributed by atoms with Crippen LogP contribution in [-0.2, 0) is 4.79 Å². The van der Waals surface area contributed by atoms with Crippen LogP contribution in [0.3, 0.4) is 0 Å². The summed E-state index contributed by atoms with van der Waals surface area (Å²) in [6.07, 6.45) is 0.547. The van der Waals surface area contributed by atoms with Crippen LogP contribution in [0.5, 0.6) is 0 Å². The molecule has 1 rings (SSSR count). The number of hydrogen-bond donors (Lipinski definition) is 3. The molecule has 4 nitrogen and oxygen atoms in total. The summed E-state index contributed by atoms with van der Waals surface area (Å²) < 4.78 is 0. The molecule has 0 aromatic carbocycles. The minimum atomic E-state index is -0.308. The third kappa shape index (κ3) is 1.27. The summed E-state index contributed by atoms with van der Waals surface area (Å²) >= 11 is 0. The summed E-state index contributed by atoms with van der Waals surface area (Å²) in [4.78, 5) is 10.8. The molecule has 2 unspecified atom stereocenters. The van der Waals surface area contributed by atoms with Gasteiger partial charge in [0, 0.05) is 0 Å². The van der Waals surface area contributed by atoms with Crippen LogP contribution in [0.25, 0.3) is 0 Å². The number of amides is 1. The van der Waals surface area contributed by atoms with E-state index in [9.17, 15) is 4.79 Å². The number of aliphatic hydroxyl groups excluding tert-OH is 2. The fraction of sp³-hybridized carbons (Fsp3) is 0.833. The number of rotatable bonds is 2. The van der Waals surface area contributed by atoms with Gasteiger partial charge in [0.1, 0.15) is 0 Å². The Kier molecular flexibility index (Phi) is 2.24. The highest BCUT2D eigenvalue weighted by atomic mass is 16.3. The molecular formula is C6H11NO3. The van der Waals surface area contributed by atoms with Crippen LogP contribution >= 0.6 is 0 Å². The predicted octanol–water partition coefficient (Wildman–Crippen LogP) is -1.52. The van der Waals surface area contributed by atoms with Crippen molar-refractivity contribution in [2.75, 3.05) is 13.2 Å². The number of carbonyl (C=O) groups is 1. The zero-order valence-electron chi connectivity index (χ0n) is 5.58. The normalized spacial score (nSPS) is 32.4. The van der Waals surface area contributed by atoms with Crippen LogP contribution in [0.4, 0.5) is 0 Å². The molecule has 10 heavy (non-hydrogen) atoms. The van der Waals surface area contributed by atoms with Crippen molar-refractivity contribution in [2.45, 2.75) is 12.5 Å². The molecular weight excluding hydrogens is 134 g/mol. The molecule has 3 N–H and O–H groups in total. The van der Waals surface area contributed by atoms with E-state index in [1.54, 1.807) is 0 Å². The van der Waals surface area contributed by atoms with Crippen molar-refractivity contribution in [1.82, 2.24) is 5.32 Å². The molecule has 1 fully saturated rings. The third-order valence-corrected chi connectivity index (χ3v) is 1.73. The molecule has 58 valence electrons. The fourth-order valence-electron chi connectivity index (χ4n) is 1.11. The van der Waals surface area contributed by atoms with E-state index < -0.39 is 0 Å². The van der Waals surface area contributed by atoms with Gasteiger partial charge in [-0.15, -0.1) is 0 Å². The second-order valence-electron chi connectivity index (χ2n) is 2.50. The first-order valence-corrected chi connectivity index (χ1v) is 3.30. The fourth-order valence-corrected chi connectivity index (χ4v) is 1.11. The van der Waals surface area contributed by atoms with Gasteiger partial charge in [-0.1, -0.05) is 0 Å². The topological polar surface area (TPSA) is 69.6 Å². The lowest BCUT2D eigenvalue weighted by molar-refractivity contribution is -0.123. The highest BCUT2D eigenvalue weighted by molar-refractivity contribution is 5.81. The summed E-state index contributed by atoms with van der Waals surface area (Å²) in [5.41, 5.74) is 0. The number of nitrogens with one attached hydrogen (secondary N) is 1. The van der Waals surface area contributed by atoms with E-state index in [0.29, 0.717) is 6.42 Å². The van der Waals surface area contributed by atoms with E-state index in [-0.39, 0.29) is 31.1 Å². The number of carbonyl (C=O) groups excluding carboxylic acids is 1. The first-order chi connectivity index (χ1) is 4.77. The van der Waals surface area contributed by atoms with Gasteiger partial charge >= 0.3 is 0 Å². The lowest BCUT2D eigenvalue weighted by atomic mass is 10.1. The van der Waals surface area contributed by atoms with E-state index in [0.717, 1.165) is 0 Å². The predicted molar refractivity (Wildman–Crippen MR) is 34.2 cm³/mol. The Morgan fingerprint density at radius 3 is 2.50 bits per heavy atom. The van der Waals surface area contributed by atoms with Gasteiger partial charge in [0.2, 0.25) is 5.91 Å². The largest absolute Gasteiger partial charge is 0.396 e. The van der Waals surface area contributed by atoms with Gasteiger partial charge in [0.05, 0.1) is 25.2 Å². The van der Waals surface area contributed by atoms with Gasteiger partial charge < -0.3 is 15.5 Å². The molecule has 0 radical (unpaired) electrons. The Balaban J connectivity index is 2.44. The van der Waals surface area contributed by atoms with Gasteiger partial charge in [-0.05, 0) is 6.42 Å². The molecule has 0 aliphatic carbocycles. The molecule has 1 heterocycles. The van der Waals surface area contributed by atoms with E-state index in [2.05, 4.69) is 5.32 Å². The molecule has 1 aliphatic rings. The minimum Gasteiger partial charge on any atom is -0.396 e. The van der Waals surface area contributed by atoms with Crippen LogP contribution in [0.1, 0.15) is 6.42 Å². The smallest absolute Gasteiger partial charge is 0.225 e. The molecule has 0 aromatic rings. The second kappa shape index (κ2) is 2.98. The Morgan fingerprint density at radius 2 is 2.20 bits per heavy atom. The van der Waals surface area contributed by atoms with Gasteiger partial charge in [-0.25, -0.2) is 0 Å². The molecule has 0 bridgehead atoms. The molecule has 4 heteroatoms. The first-order valence-electron chi connectivity index (χ1n) is 3.30. The Bertz CT molecular complexity index is 137. The molecule has 0 saturated carbocycles. The maximum absolute atomic E-state index is 10.8. The van der Waals surface area contributed by atoms with Crippen LogP contribution in [0, 0.1) is 5.92 Å². The summed E-state index contributed by atoms with van der Waals surface area (Å²) in [6.45, 7) is -0.162. The summed E-state index contributed by atoms with van der Waals surface area (Å²) in [6, 6.07) is -0.148. The monoisotopic (exact) mass is 145 g/mol. The van der Waals surface area contributed by atoms with Crippen LogP contribution in [0.15, 0.2) is 0 Å². The maximum atomic E-state index is 10.8. The highest BCUT2D eigenvalue weighted by Gasteiger charge is 2.30. The highest BCUT2D eigenvalue weighted by Crippen LogP contribution is 2.13. The number of hydrogen-bond acceptors (Lipinski definition) is 3. The second-order valence-corrected chi connectivity index (χ2v) is 2.50. The van der Waals surface area contributed by atoms with Gasteiger partial charge in [-0.3, -0.25) is 4.79 Å². The van der Waals surface area contributed by atoms with Crippen molar-refractivity contribution >= 4 is 5.91 Å². The summed E-state index contributed by atoms with van der Waals surface area (Å²) in [5.74, 6) is -0.460. The molecule has 1 saturated heterocycles. The zero-order valence-corrected chi connectivity index (χ0v) is 5.58. The van der Waals surface area contributed by atoms with Gasteiger partial charge in [0.25, 0.3) is 0 Å². The first kappa shape index (κ1) is 7.50. The Hall–Kier alpha value is -0.610. The zero-order chi connectivity index (χ0) is 7.56. The van der Waals surface area contributed by atoms with Crippen LogP contribution in [-0.4, -0.2) is 35.4 Å². The standard InChI is InChI=1S/C6H11NO3/c8-2-4-1-5(3-9)7-6(4)10/h4-5,8-9H,1-3H2,(H,7,10). The molecule has 2 atom stereocenters. The third-order valence-electron chi connectivity index (χ3n) is 1.73. The van der Waals surface area contributed by atoms with Crippen LogP contribution in [0.2, 0.25) is 0 Å². The lowest BCUT2D eigenvalue weighted by Gasteiger charge is -2.02. The molecule has 0 spiro atoms. The van der Waals surface area contributed by atoms with Gasteiger partial charge in [0.15, 0.2) is 0 Å². The SMILES string of the molecule is O=C1NC(CO)CC1CO. The quantitative estimate of drug-likeness (QED) is 0.442. The van der Waals surface area contributed by atoms with E-state index in [1.807, 2.05) is 0 Å². The maximum Gasteiger partial charge on any atom is 0.225 e. The van der Waals surface area contributed by atoms with Crippen LogP contribution < -0.4 is 5.32 Å². The van der Waals surface area contributed by atoms with E-state index in [1.165, 1.54) is 0 Å². The summed E-state index contributed by atoms with van der Waals surface area (Å²) in [7, 11) is 0. The van der Waals surface area contributed by atoms with Gasteiger partial charge in [-0.2, -0.15) is 0 Å². The summed E-state index contributed by atoms with van der Waals surface area (Å²) in [5, 5.41) is 19.8. The van der Waals surface area contributed by atoms with Crippen molar-refractivity contribution in [2.24, 2.45) is 5.92 Å². The van der Waals surface area contributed by atoms with Crippen molar-refractivity contribution in [3.8, 4) is 0 Å². The molecule has 1 amide bonds. The molecule has 0 aromatic heterocycles. The average molecular weight is 145 g/mol. The minimum absolute atomic E-state index is 0.0394. The van der Waals surface area contributed by atoms with E-state index in [4.69, 9.17) is 10.2 Å². The lowest BCUT2D eigenvalue weighted by Crippen LogP contribution is -2.29. The Morgan fingerprint density at radius 1 is 1.50 bits per heavy atom. The van der Waals surface area contributed by atoms with Crippen molar-refractivity contribution in [3.05, 3.63) is 0 Å². The number of aliphatic hydroxyl groups is 2. The average Bonchev–Trinajstić information content (AvgIpc) is 2.30.